The fourth-order valence-corrected chi connectivity index (χ4v) is 3.56. The van der Waals surface area contributed by atoms with E-state index in [4.69, 9.17) is 0 Å². The van der Waals surface area contributed by atoms with E-state index in [9.17, 15) is 0 Å². The fourth-order valence-electron chi connectivity index (χ4n) is 3.56. The summed E-state index contributed by atoms with van der Waals surface area (Å²) in [5, 5.41) is 0. The van der Waals surface area contributed by atoms with E-state index in [-0.39, 0.29) is 0 Å². The average molecular weight is 339 g/mol. The second kappa shape index (κ2) is 9.80. The Morgan fingerprint density at radius 3 is 1.20 bits per heavy atom. The summed E-state index contributed by atoms with van der Waals surface area (Å²) in [5.74, 6) is 2.56. The monoisotopic (exact) mass is 338 g/mol. The van der Waals surface area contributed by atoms with Gasteiger partial charge in [0.25, 0.3) is 0 Å². The molecular weight excluding hydrogens is 300 g/mol. The van der Waals surface area contributed by atoms with E-state index >= 15 is 0 Å². The predicted molar refractivity (Wildman–Crippen MR) is 114 cm³/mol. The van der Waals surface area contributed by atoms with Crippen molar-refractivity contribution in [1.82, 2.24) is 0 Å². The van der Waals surface area contributed by atoms with Crippen LogP contribution >= 0.6 is 0 Å². The van der Waals surface area contributed by atoms with Crippen LogP contribution in [0.15, 0.2) is 42.5 Å². The van der Waals surface area contributed by atoms with Gasteiger partial charge in [0, 0.05) is 0 Å². The average Bonchev–Trinajstić information content (AvgIpc) is 2.54. The van der Waals surface area contributed by atoms with Crippen molar-refractivity contribution >= 4 is 0 Å². The summed E-state index contributed by atoms with van der Waals surface area (Å²) >= 11 is 0. The molecule has 0 atom stereocenters. The van der Waals surface area contributed by atoms with Crippen LogP contribution in [0.2, 0.25) is 0 Å². The Kier molecular flexibility index (Phi) is 8.42. The van der Waals surface area contributed by atoms with Crippen LogP contribution in [0.1, 0.15) is 107 Å². The third-order valence-electron chi connectivity index (χ3n) is 4.80. The molecule has 0 bridgehead atoms. The minimum atomic E-state index is 0.636. The van der Waals surface area contributed by atoms with Gasteiger partial charge in [-0.15, -0.1) is 0 Å². The highest BCUT2D eigenvalue weighted by atomic mass is 14.2. The van der Waals surface area contributed by atoms with Gasteiger partial charge in [-0.1, -0.05) is 97.9 Å². The maximum absolute atomic E-state index is 2.27. The van der Waals surface area contributed by atoms with Crippen LogP contribution in [0.3, 0.4) is 0 Å². The molecule has 0 aliphatic rings. The summed E-state index contributed by atoms with van der Waals surface area (Å²) in [7, 11) is 0. The summed E-state index contributed by atoms with van der Waals surface area (Å²) in [6.45, 7) is 20.3. The number of aryl methyl sites for hydroxylation is 1. The Hall–Kier alpha value is -1.56. The van der Waals surface area contributed by atoms with E-state index in [1.807, 2.05) is 0 Å². The first-order valence-electron chi connectivity index (χ1n) is 9.84. The van der Waals surface area contributed by atoms with Crippen molar-refractivity contribution in [3.05, 3.63) is 70.3 Å². The molecule has 0 unspecified atom stereocenters. The molecule has 0 aliphatic carbocycles. The largest absolute Gasteiger partial charge is 0.0620 e. The minimum Gasteiger partial charge on any atom is -0.0620 e. The molecule has 0 spiro atoms. The van der Waals surface area contributed by atoms with Crippen LogP contribution in [-0.4, -0.2) is 0 Å². The molecule has 0 aliphatic heterocycles. The molecule has 0 radical (unpaired) electrons. The molecule has 138 valence electrons. The maximum atomic E-state index is 2.27. The van der Waals surface area contributed by atoms with Crippen molar-refractivity contribution < 1.29 is 0 Å². The molecule has 2 rings (SSSR count). The zero-order valence-corrected chi connectivity index (χ0v) is 17.9. The van der Waals surface area contributed by atoms with E-state index in [2.05, 4.69) is 105 Å². The lowest BCUT2D eigenvalue weighted by Gasteiger charge is -2.18. The summed E-state index contributed by atoms with van der Waals surface area (Å²) in [6.07, 6.45) is 0. The zero-order chi connectivity index (χ0) is 19.1. The Labute approximate surface area is 156 Å². The first-order chi connectivity index (χ1) is 11.7. The number of hydrogen-bond donors (Lipinski definition) is 0. The van der Waals surface area contributed by atoms with Gasteiger partial charge in [-0.25, -0.2) is 0 Å². The molecule has 0 nitrogen and oxygen atoms in total. The van der Waals surface area contributed by atoms with Gasteiger partial charge in [-0.2, -0.15) is 0 Å². The van der Waals surface area contributed by atoms with Gasteiger partial charge >= 0.3 is 0 Å². The Morgan fingerprint density at radius 2 is 0.880 bits per heavy atom. The first kappa shape index (κ1) is 21.5. The summed E-state index contributed by atoms with van der Waals surface area (Å²) in [5.41, 5.74) is 7.47. The second-order valence-corrected chi connectivity index (χ2v) is 8.33. The number of benzene rings is 2. The van der Waals surface area contributed by atoms with Crippen LogP contribution in [-0.2, 0) is 0 Å². The van der Waals surface area contributed by atoms with E-state index in [1.54, 1.807) is 0 Å². The van der Waals surface area contributed by atoms with Gasteiger partial charge in [0.15, 0.2) is 0 Å². The smallest absolute Gasteiger partial charge is 0.0213 e. The molecular formula is C25H38. The van der Waals surface area contributed by atoms with Crippen molar-refractivity contribution in [2.24, 2.45) is 0 Å². The lowest BCUT2D eigenvalue weighted by Crippen LogP contribution is -2.00. The Balaban J connectivity index is 0.000000251. The van der Waals surface area contributed by atoms with Gasteiger partial charge in [0.2, 0.25) is 0 Å². The highest BCUT2D eigenvalue weighted by Crippen LogP contribution is 2.28. The molecule has 25 heavy (non-hydrogen) atoms. The van der Waals surface area contributed by atoms with E-state index in [0.717, 1.165) is 0 Å². The molecule has 0 saturated heterocycles. The van der Waals surface area contributed by atoms with Crippen LogP contribution in [0.25, 0.3) is 0 Å². The van der Waals surface area contributed by atoms with Gasteiger partial charge in [0.05, 0.1) is 0 Å². The van der Waals surface area contributed by atoms with E-state index in [1.165, 1.54) is 27.8 Å². The van der Waals surface area contributed by atoms with Crippen molar-refractivity contribution in [2.75, 3.05) is 0 Å². The lowest BCUT2D eigenvalue weighted by atomic mass is 9.87. The highest BCUT2D eigenvalue weighted by molar-refractivity contribution is 5.38. The van der Waals surface area contributed by atoms with E-state index in [0.29, 0.717) is 23.7 Å². The normalized spacial score (nSPS) is 11.2. The topological polar surface area (TPSA) is 0 Å². The van der Waals surface area contributed by atoms with Crippen LogP contribution in [0.4, 0.5) is 0 Å². The molecule has 0 N–H and O–H groups in total. The zero-order valence-electron chi connectivity index (χ0n) is 17.9. The third kappa shape index (κ3) is 6.03. The number of hydrogen-bond acceptors (Lipinski definition) is 0. The second-order valence-electron chi connectivity index (χ2n) is 8.33. The Bertz CT molecular complexity index is 618. The van der Waals surface area contributed by atoms with Gasteiger partial charge in [-0.3, -0.25) is 0 Å². The number of rotatable bonds is 4. The molecule has 0 heteroatoms. The van der Waals surface area contributed by atoms with Gasteiger partial charge in [-0.05, 0) is 58.4 Å². The van der Waals surface area contributed by atoms with Crippen LogP contribution in [0, 0.1) is 6.92 Å². The van der Waals surface area contributed by atoms with Gasteiger partial charge in [0.1, 0.15) is 0 Å². The fraction of sp³-hybridized carbons (Fsp3) is 0.520. The SMILES string of the molecule is CC(C)c1ccccc1C(C)C.Cc1cccc(C(C)C)c1C(C)C. The van der Waals surface area contributed by atoms with Crippen molar-refractivity contribution in [3.63, 3.8) is 0 Å². The minimum absolute atomic E-state index is 0.636. The molecule has 0 heterocycles. The Morgan fingerprint density at radius 1 is 0.480 bits per heavy atom. The van der Waals surface area contributed by atoms with Crippen molar-refractivity contribution in [2.45, 2.75) is 86.0 Å². The van der Waals surface area contributed by atoms with Crippen LogP contribution in [0.5, 0.6) is 0 Å². The quantitative estimate of drug-likeness (QED) is 0.527. The lowest BCUT2D eigenvalue weighted by molar-refractivity contribution is 0.783. The molecule has 0 aromatic heterocycles. The summed E-state index contributed by atoms with van der Waals surface area (Å²) in [4.78, 5) is 0. The molecule has 0 saturated carbocycles. The predicted octanol–water partition coefficient (Wildman–Crippen LogP) is 8.18. The van der Waals surface area contributed by atoms with Crippen molar-refractivity contribution in [3.8, 4) is 0 Å². The molecule has 0 fully saturated rings. The summed E-state index contributed by atoms with van der Waals surface area (Å²) < 4.78 is 0. The molecule has 2 aromatic rings. The summed E-state index contributed by atoms with van der Waals surface area (Å²) in [6, 6.07) is 15.4. The maximum Gasteiger partial charge on any atom is -0.0213 e. The first-order valence-corrected chi connectivity index (χ1v) is 9.84. The van der Waals surface area contributed by atoms with Gasteiger partial charge < -0.3 is 0 Å². The van der Waals surface area contributed by atoms with Crippen molar-refractivity contribution in [1.29, 1.82) is 0 Å². The third-order valence-corrected chi connectivity index (χ3v) is 4.80. The molecule has 0 amide bonds. The molecule has 2 aromatic carbocycles. The highest BCUT2D eigenvalue weighted by Gasteiger charge is 2.11. The van der Waals surface area contributed by atoms with Crippen LogP contribution < -0.4 is 0 Å². The standard InChI is InChI=1S/C13H20.C12H18/c1-9(2)12-8-6-7-11(5)13(12)10(3)4;1-9(2)11-7-5-6-8-12(11)10(3)4/h6-10H,1-5H3;5-10H,1-4H3. The van der Waals surface area contributed by atoms with E-state index < -0.39 is 0 Å².